The standard InChI is InChI=1S/C20H21ClN2O4S/c1-13-9-15-11-16(20(25)22-19(15)10-14(13)2)12-23(7-8-24)28(26,27)18-5-3-17(21)4-6-18/h3-6,9-11,24H,7-8,12H2,1-2H3,(H,22,25). The fraction of sp³-hybridized carbons (Fsp3) is 0.250. The Morgan fingerprint density at radius 3 is 2.36 bits per heavy atom. The van der Waals surface area contributed by atoms with Gasteiger partial charge >= 0.3 is 0 Å². The fourth-order valence-corrected chi connectivity index (χ4v) is 4.52. The molecule has 2 N–H and O–H groups in total. The number of aromatic nitrogens is 1. The van der Waals surface area contributed by atoms with Crippen molar-refractivity contribution in [3.63, 3.8) is 0 Å². The van der Waals surface area contributed by atoms with Crippen molar-refractivity contribution in [2.45, 2.75) is 25.3 Å². The number of benzene rings is 2. The first-order chi connectivity index (χ1) is 13.2. The monoisotopic (exact) mass is 420 g/mol. The van der Waals surface area contributed by atoms with Gasteiger partial charge in [-0.25, -0.2) is 8.42 Å². The van der Waals surface area contributed by atoms with E-state index in [0.29, 0.717) is 16.1 Å². The molecule has 0 unspecified atom stereocenters. The van der Waals surface area contributed by atoms with Gasteiger partial charge in [0.1, 0.15) is 0 Å². The molecule has 0 bridgehead atoms. The summed E-state index contributed by atoms with van der Waals surface area (Å²) < 4.78 is 27.0. The van der Waals surface area contributed by atoms with Crippen molar-refractivity contribution in [2.75, 3.05) is 13.2 Å². The number of H-pyrrole nitrogens is 1. The molecule has 0 fully saturated rings. The van der Waals surface area contributed by atoms with Crippen LogP contribution in [-0.2, 0) is 16.6 Å². The number of aliphatic hydroxyl groups excluding tert-OH is 1. The molecule has 0 amide bonds. The molecule has 0 atom stereocenters. The highest BCUT2D eigenvalue weighted by Crippen LogP contribution is 2.21. The molecular formula is C20H21ClN2O4S. The first kappa shape index (κ1) is 20.5. The van der Waals surface area contributed by atoms with Crippen molar-refractivity contribution >= 4 is 32.5 Å². The van der Waals surface area contributed by atoms with E-state index in [4.69, 9.17) is 11.6 Å². The third kappa shape index (κ3) is 4.12. The zero-order chi connectivity index (χ0) is 20.5. The number of sulfonamides is 1. The second kappa shape index (κ2) is 8.05. The minimum Gasteiger partial charge on any atom is -0.395 e. The maximum absolute atomic E-state index is 13.0. The number of halogens is 1. The molecule has 28 heavy (non-hydrogen) atoms. The lowest BCUT2D eigenvalue weighted by Crippen LogP contribution is -2.35. The summed E-state index contributed by atoms with van der Waals surface area (Å²) in [6.45, 7) is 3.29. The average molecular weight is 421 g/mol. The van der Waals surface area contributed by atoms with Gasteiger partial charge in [-0.2, -0.15) is 4.31 Å². The van der Waals surface area contributed by atoms with Crippen LogP contribution in [0.25, 0.3) is 10.9 Å². The highest BCUT2D eigenvalue weighted by Gasteiger charge is 2.25. The lowest BCUT2D eigenvalue weighted by atomic mass is 10.1. The van der Waals surface area contributed by atoms with Crippen LogP contribution in [0.1, 0.15) is 16.7 Å². The number of nitrogens with one attached hydrogen (secondary N) is 1. The molecule has 8 heteroatoms. The third-order valence-electron chi connectivity index (χ3n) is 4.68. The molecule has 0 aliphatic heterocycles. The molecule has 0 saturated carbocycles. The Balaban J connectivity index is 2.02. The summed E-state index contributed by atoms with van der Waals surface area (Å²) in [6, 6.07) is 11.3. The highest BCUT2D eigenvalue weighted by molar-refractivity contribution is 7.89. The number of nitrogens with zero attached hydrogens (tertiary/aromatic N) is 1. The fourth-order valence-electron chi connectivity index (χ4n) is 2.98. The number of rotatable bonds is 6. The largest absolute Gasteiger partial charge is 0.395 e. The molecular weight excluding hydrogens is 400 g/mol. The van der Waals surface area contributed by atoms with Gasteiger partial charge in [0.25, 0.3) is 5.56 Å². The molecule has 0 aliphatic carbocycles. The van der Waals surface area contributed by atoms with Gasteiger partial charge in [-0.3, -0.25) is 4.79 Å². The Bertz CT molecular complexity index is 1170. The van der Waals surface area contributed by atoms with Crippen LogP contribution in [0.4, 0.5) is 0 Å². The predicted octanol–water partition coefficient (Wildman–Crippen LogP) is 2.98. The van der Waals surface area contributed by atoms with E-state index >= 15 is 0 Å². The summed E-state index contributed by atoms with van der Waals surface area (Å²) in [7, 11) is -3.90. The second-order valence-electron chi connectivity index (χ2n) is 6.66. The normalized spacial score (nSPS) is 12.0. The first-order valence-corrected chi connectivity index (χ1v) is 10.5. The lowest BCUT2D eigenvalue weighted by Gasteiger charge is -2.21. The van der Waals surface area contributed by atoms with Gasteiger partial charge in [0.2, 0.25) is 10.0 Å². The molecule has 1 aromatic heterocycles. The zero-order valence-electron chi connectivity index (χ0n) is 15.6. The van der Waals surface area contributed by atoms with Crippen molar-refractivity contribution in [3.05, 3.63) is 74.5 Å². The zero-order valence-corrected chi connectivity index (χ0v) is 17.1. The van der Waals surface area contributed by atoms with Crippen molar-refractivity contribution < 1.29 is 13.5 Å². The molecule has 0 spiro atoms. The van der Waals surface area contributed by atoms with Gasteiger partial charge in [-0.15, -0.1) is 0 Å². The number of aryl methyl sites for hydroxylation is 2. The Kier molecular flexibility index (Phi) is 5.90. The molecule has 3 aromatic rings. The van der Waals surface area contributed by atoms with Gasteiger partial charge in [-0.05, 0) is 72.8 Å². The minimum absolute atomic E-state index is 0.0500. The molecule has 0 radical (unpaired) electrons. The van der Waals surface area contributed by atoms with Crippen molar-refractivity contribution in [2.24, 2.45) is 0 Å². The van der Waals surface area contributed by atoms with Gasteiger partial charge in [0.15, 0.2) is 0 Å². The summed E-state index contributed by atoms with van der Waals surface area (Å²) in [5, 5.41) is 10.6. The molecule has 3 rings (SSSR count). The van der Waals surface area contributed by atoms with Crippen LogP contribution in [0.3, 0.4) is 0 Å². The maximum atomic E-state index is 13.0. The van der Waals surface area contributed by atoms with Gasteiger partial charge < -0.3 is 10.1 Å². The number of aliphatic hydroxyl groups is 1. The van der Waals surface area contributed by atoms with E-state index < -0.39 is 10.0 Å². The number of pyridine rings is 1. The second-order valence-corrected chi connectivity index (χ2v) is 9.04. The van der Waals surface area contributed by atoms with E-state index in [1.54, 1.807) is 6.07 Å². The van der Waals surface area contributed by atoms with Crippen LogP contribution in [0.2, 0.25) is 5.02 Å². The Labute approximate surface area is 168 Å². The topological polar surface area (TPSA) is 90.5 Å². The minimum atomic E-state index is -3.90. The number of fused-ring (bicyclic) bond motifs is 1. The van der Waals surface area contributed by atoms with Crippen LogP contribution < -0.4 is 5.56 Å². The third-order valence-corrected chi connectivity index (χ3v) is 6.79. The Morgan fingerprint density at radius 2 is 1.71 bits per heavy atom. The van der Waals surface area contributed by atoms with Crippen LogP contribution in [0, 0.1) is 13.8 Å². The quantitative estimate of drug-likeness (QED) is 0.641. The molecule has 0 aliphatic rings. The van der Waals surface area contributed by atoms with Gasteiger partial charge in [-0.1, -0.05) is 11.6 Å². The van der Waals surface area contributed by atoms with Gasteiger partial charge in [0, 0.05) is 29.2 Å². The maximum Gasteiger partial charge on any atom is 0.252 e. The van der Waals surface area contributed by atoms with E-state index in [1.165, 1.54) is 24.3 Å². The van der Waals surface area contributed by atoms with Crippen molar-refractivity contribution in [3.8, 4) is 0 Å². The Morgan fingerprint density at radius 1 is 1.07 bits per heavy atom. The Hall–Kier alpha value is -2.19. The molecule has 1 heterocycles. The van der Waals surface area contributed by atoms with E-state index in [9.17, 15) is 18.3 Å². The smallest absolute Gasteiger partial charge is 0.252 e. The lowest BCUT2D eigenvalue weighted by molar-refractivity contribution is 0.251. The van der Waals surface area contributed by atoms with Crippen LogP contribution in [0.5, 0.6) is 0 Å². The summed E-state index contributed by atoms with van der Waals surface area (Å²) in [5.74, 6) is 0. The summed E-state index contributed by atoms with van der Waals surface area (Å²) in [4.78, 5) is 15.4. The van der Waals surface area contributed by atoms with Crippen molar-refractivity contribution in [1.29, 1.82) is 0 Å². The van der Waals surface area contributed by atoms with E-state index in [2.05, 4.69) is 4.98 Å². The van der Waals surface area contributed by atoms with Crippen LogP contribution >= 0.6 is 11.6 Å². The van der Waals surface area contributed by atoms with E-state index in [-0.39, 0.29) is 30.2 Å². The predicted molar refractivity (Wildman–Crippen MR) is 110 cm³/mol. The van der Waals surface area contributed by atoms with Crippen LogP contribution in [-0.4, -0.2) is 36.0 Å². The molecule has 2 aromatic carbocycles. The number of hydrogen-bond donors (Lipinski definition) is 2. The molecule has 0 saturated heterocycles. The van der Waals surface area contributed by atoms with Gasteiger partial charge in [0.05, 0.1) is 11.5 Å². The summed E-state index contributed by atoms with van der Waals surface area (Å²) >= 11 is 5.84. The summed E-state index contributed by atoms with van der Waals surface area (Å²) in [5.41, 5.74) is 2.78. The summed E-state index contributed by atoms with van der Waals surface area (Å²) in [6.07, 6.45) is 0. The number of aromatic amines is 1. The van der Waals surface area contributed by atoms with E-state index in [0.717, 1.165) is 20.8 Å². The van der Waals surface area contributed by atoms with Crippen molar-refractivity contribution in [1.82, 2.24) is 9.29 Å². The van der Waals surface area contributed by atoms with E-state index in [1.807, 2.05) is 26.0 Å². The molecule has 6 nitrogen and oxygen atoms in total. The average Bonchev–Trinajstić information content (AvgIpc) is 2.64. The highest BCUT2D eigenvalue weighted by atomic mass is 35.5. The first-order valence-electron chi connectivity index (χ1n) is 8.72. The SMILES string of the molecule is Cc1cc2cc(CN(CCO)S(=O)(=O)c3ccc(Cl)cc3)c(=O)[nH]c2cc1C. The molecule has 148 valence electrons. The number of hydrogen-bond acceptors (Lipinski definition) is 4. The van der Waals surface area contributed by atoms with Crippen LogP contribution in [0.15, 0.2) is 52.2 Å².